The topological polar surface area (TPSA) is 97.1 Å². The van der Waals surface area contributed by atoms with Crippen molar-refractivity contribution in [2.45, 2.75) is 6.54 Å². The minimum Gasteiger partial charge on any atom is -0.497 e. The highest BCUT2D eigenvalue weighted by atomic mass is 16.5. The minimum atomic E-state index is -0.453. The predicted octanol–water partition coefficient (Wildman–Crippen LogP) is 3.39. The van der Waals surface area contributed by atoms with Gasteiger partial charge in [-0.1, -0.05) is 12.1 Å². The third kappa shape index (κ3) is 4.45. The van der Waals surface area contributed by atoms with Crippen LogP contribution in [0.1, 0.15) is 16.1 Å². The number of urea groups is 1. The Morgan fingerprint density at radius 3 is 2.32 bits per heavy atom. The van der Waals surface area contributed by atoms with Crippen LogP contribution < -0.4 is 19.7 Å². The molecule has 0 bridgehead atoms. The summed E-state index contributed by atoms with van der Waals surface area (Å²) >= 11 is 0. The van der Waals surface area contributed by atoms with Gasteiger partial charge in [-0.25, -0.2) is 14.7 Å². The standard InChI is InChI=1S/C22H22N4O5/c1-29-17-7-3-15(4-8-17)14-25-11-12-26(22(25)28)21-23-13-19(31-21)20(27)24-16-5-9-18(30-2)10-6-16/h3-10,13H,11-12,14H2,1-2H3,(H,24,27). The lowest BCUT2D eigenvalue weighted by molar-refractivity contribution is 0.0997. The van der Waals surface area contributed by atoms with E-state index >= 15 is 0 Å². The summed E-state index contributed by atoms with van der Waals surface area (Å²) in [5.74, 6) is 1.02. The van der Waals surface area contributed by atoms with E-state index in [0.717, 1.165) is 11.3 Å². The average Bonchev–Trinajstić information content (AvgIpc) is 3.42. The Bertz CT molecular complexity index is 1060. The minimum absolute atomic E-state index is 0.0206. The lowest BCUT2D eigenvalue weighted by Crippen LogP contribution is -2.31. The second-order valence-corrected chi connectivity index (χ2v) is 6.89. The first-order valence-corrected chi connectivity index (χ1v) is 9.68. The molecule has 1 aliphatic rings. The molecule has 0 radical (unpaired) electrons. The van der Waals surface area contributed by atoms with Crippen LogP contribution in [-0.2, 0) is 6.54 Å². The van der Waals surface area contributed by atoms with E-state index in [9.17, 15) is 9.59 Å². The van der Waals surface area contributed by atoms with Gasteiger partial charge >= 0.3 is 12.0 Å². The summed E-state index contributed by atoms with van der Waals surface area (Å²) in [6.07, 6.45) is 1.31. The molecule has 0 atom stereocenters. The van der Waals surface area contributed by atoms with E-state index in [-0.39, 0.29) is 17.8 Å². The van der Waals surface area contributed by atoms with E-state index in [2.05, 4.69) is 10.3 Å². The highest BCUT2D eigenvalue weighted by Crippen LogP contribution is 2.23. The van der Waals surface area contributed by atoms with Crippen LogP contribution in [0, 0.1) is 0 Å². The molecule has 1 saturated heterocycles. The van der Waals surface area contributed by atoms with Crippen molar-refractivity contribution in [3.05, 3.63) is 66.1 Å². The van der Waals surface area contributed by atoms with Gasteiger partial charge in [-0.05, 0) is 42.0 Å². The molecule has 160 valence electrons. The van der Waals surface area contributed by atoms with Crippen molar-refractivity contribution in [1.82, 2.24) is 9.88 Å². The van der Waals surface area contributed by atoms with Crippen LogP contribution in [-0.4, -0.2) is 49.1 Å². The van der Waals surface area contributed by atoms with Gasteiger partial charge in [-0.3, -0.25) is 4.79 Å². The molecule has 1 aliphatic heterocycles. The lowest BCUT2D eigenvalue weighted by Gasteiger charge is -2.16. The van der Waals surface area contributed by atoms with E-state index in [4.69, 9.17) is 13.9 Å². The fourth-order valence-corrected chi connectivity index (χ4v) is 3.22. The summed E-state index contributed by atoms with van der Waals surface area (Å²) in [6, 6.07) is 14.3. The maximum absolute atomic E-state index is 12.8. The fourth-order valence-electron chi connectivity index (χ4n) is 3.22. The van der Waals surface area contributed by atoms with Gasteiger partial charge in [-0.15, -0.1) is 0 Å². The zero-order chi connectivity index (χ0) is 21.8. The van der Waals surface area contributed by atoms with Gasteiger partial charge in [0, 0.05) is 25.3 Å². The average molecular weight is 422 g/mol. The second kappa shape index (κ2) is 8.78. The smallest absolute Gasteiger partial charge is 0.328 e. The van der Waals surface area contributed by atoms with Crippen LogP contribution in [0.2, 0.25) is 0 Å². The quantitative estimate of drug-likeness (QED) is 0.627. The summed E-state index contributed by atoms with van der Waals surface area (Å²) in [6.45, 7) is 1.42. The van der Waals surface area contributed by atoms with Gasteiger partial charge in [0.1, 0.15) is 11.5 Å². The number of nitrogens with one attached hydrogen (secondary N) is 1. The number of ether oxygens (including phenoxy) is 2. The number of carbonyl (C=O) groups is 2. The van der Waals surface area contributed by atoms with Crippen molar-refractivity contribution in [3.8, 4) is 11.5 Å². The largest absolute Gasteiger partial charge is 0.497 e. The van der Waals surface area contributed by atoms with Crippen molar-refractivity contribution in [3.63, 3.8) is 0 Å². The molecule has 1 aromatic heterocycles. The SMILES string of the molecule is COc1ccc(CN2CCN(c3ncc(C(=O)Nc4ccc(OC)cc4)o3)C2=O)cc1. The third-order valence-corrected chi connectivity index (χ3v) is 4.92. The molecular weight excluding hydrogens is 400 g/mol. The van der Waals surface area contributed by atoms with Gasteiger partial charge in [0.05, 0.1) is 20.4 Å². The Morgan fingerprint density at radius 1 is 1.03 bits per heavy atom. The molecule has 0 aliphatic carbocycles. The summed E-state index contributed by atoms with van der Waals surface area (Å²) in [4.78, 5) is 32.5. The van der Waals surface area contributed by atoms with E-state index in [0.29, 0.717) is 31.1 Å². The highest BCUT2D eigenvalue weighted by Gasteiger charge is 2.33. The van der Waals surface area contributed by atoms with Crippen molar-refractivity contribution >= 4 is 23.6 Å². The summed E-state index contributed by atoms with van der Waals surface area (Å²) in [5.41, 5.74) is 1.58. The molecule has 9 nitrogen and oxygen atoms in total. The van der Waals surface area contributed by atoms with Crippen LogP contribution in [0.5, 0.6) is 11.5 Å². The molecule has 1 fully saturated rings. The number of hydrogen-bond acceptors (Lipinski definition) is 6. The molecule has 2 aromatic carbocycles. The number of amides is 3. The molecule has 0 spiro atoms. The van der Waals surface area contributed by atoms with Crippen LogP contribution in [0.3, 0.4) is 0 Å². The Hall–Kier alpha value is -4.01. The number of oxazole rings is 1. The van der Waals surface area contributed by atoms with Gasteiger partial charge < -0.3 is 24.1 Å². The normalized spacial score (nSPS) is 13.4. The molecule has 2 heterocycles. The second-order valence-electron chi connectivity index (χ2n) is 6.89. The third-order valence-electron chi connectivity index (χ3n) is 4.92. The Kier molecular flexibility index (Phi) is 5.74. The summed E-state index contributed by atoms with van der Waals surface area (Å²) in [5, 5.41) is 2.72. The molecule has 3 aromatic rings. The van der Waals surface area contributed by atoms with Crippen molar-refractivity contribution in [2.75, 3.05) is 37.5 Å². The molecule has 31 heavy (non-hydrogen) atoms. The highest BCUT2D eigenvalue weighted by molar-refractivity contribution is 6.02. The van der Waals surface area contributed by atoms with Crippen molar-refractivity contribution < 1.29 is 23.5 Å². The van der Waals surface area contributed by atoms with E-state index in [1.807, 2.05) is 24.3 Å². The number of aromatic nitrogens is 1. The molecule has 4 rings (SSSR count). The molecule has 9 heteroatoms. The maximum Gasteiger partial charge on any atom is 0.328 e. The number of methoxy groups -OCH3 is 2. The van der Waals surface area contributed by atoms with Gasteiger partial charge in [-0.2, -0.15) is 0 Å². The van der Waals surface area contributed by atoms with Gasteiger partial charge in [0.15, 0.2) is 0 Å². The molecule has 0 unspecified atom stereocenters. The number of anilines is 2. The first-order chi connectivity index (χ1) is 15.1. The molecular formula is C22H22N4O5. The lowest BCUT2D eigenvalue weighted by atomic mass is 10.2. The number of hydrogen-bond donors (Lipinski definition) is 1. The van der Waals surface area contributed by atoms with Crippen LogP contribution in [0.15, 0.2) is 59.1 Å². The fraction of sp³-hybridized carbons (Fsp3) is 0.227. The Morgan fingerprint density at radius 2 is 1.68 bits per heavy atom. The Balaban J connectivity index is 1.38. The molecule has 3 amide bonds. The van der Waals surface area contributed by atoms with E-state index in [1.54, 1.807) is 43.4 Å². The van der Waals surface area contributed by atoms with Gasteiger partial charge in [0.2, 0.25) is 5.76 Å². The molecule has 1 N–H and O–H groups in total. The van der Waals surface area contributed by atoms with Crippen LogP contribution >= 0.6 is 0 Å². The van der Waals surface area contributed by atoms with Crippen molar-refractivity contribution in [2.24, 2.45) is 0 Å². The summed E-state index contributed by atoms with van der Waals surface area (Å²) < 4.78 is 15.8. The Labute approximate surface area is 179 Å². The first kappa shape index (κ1) is 20.3. The van der Waals surface area contributed by atoms with Crippen molar-refractivity contribution in [1.29, 1.82) is 0 Å². The number of benzene rings is 2. The number of rotatable bonds is 7. The monoisotopic (exact) mass is 422 g/mol. The van der Waals surface area contributed by atoms with Gasteiger partial charge in [0.25, 0.3) is 5.91 Å². The number of nitrogens with zero attached hydrogens (tertiary/aromatic N) is 3. The summed E-state index contributed by atoms with van der Waals surface area (Å²) in [7, 11) is 3.18. The maximum atomic E-state index is 12.8. The van der Waals surface area contributed by atoms with Crippen LogP contribution in [0.25, 0.3) is 0 Å². The predicted molar refractivity (Wildman–Crippen MR) is 114 cm³/mol. The van der Waals surface area contributed by atoms with Crippen LogP contribution in [0.4, 0.5) is 16.5 Å². The zero-order valence-electron chi connectivity index (χ0n) is 17.2. The van der Waals surface area contributed by atoms with E-state index < -0.39 is 5.91 Å². The number of carbonyl (C=O) groups excluding carboxylic acids is 2. The van der Waals surface area contributed by atoms with E-state index in [1.165, 1.54) is 11.1 Å². The zero-order valence-corrected chi connectivity index (χ0v) is 17.2. The molecule has 0 saturated carbocycles. The first-order valence-electron chi connectivity index (χ1n) is 9.68.